The van der Waals surface area contributed by atoms with E-state index in [2.05, 4.69) is 17.1 Å². The quantitative estimate of drug-likeness (QED) is 0.360. The van der Waals surface area contributed by atoms with Gasteiger partial charge in [-0.25, -0.2) is 0 Å². The Balaban J connectivity index is 2.00. The molecule has 116 valence electrons. The molecule has 1 unspecified atom stereocenters. The van der Waals surface area contributed by atoms with E-state index in [9.17, 15) is 0 Å². The Labute approximate surface area is 128 Å². The molecule has 1 rings (SSSR count). The van der Waals surface area contributed by atoms with Gasteiger partial charge in [-0.2, -0.15) is 4.98 Å². The minimum absolute atomic E-state index is 0.115. The Bertz CT molecular complexity index is 341. The smallest absolute Gasteiger partial charge is 0.226 e. The molecule has 1 heterocycles. The molecule has 0 spiro atoms. The molecule has 4 heteroatoms. The van der Waals surface area contributed by atoms with Gasteiger partial charge in [0, 0.05) is 6.42 Å². The summed E-state index contributed by atoms with van der Waals surface area (Å²) in [6.07, 6.45) is 13.7. The molecule has 0 N–H and O–H groups in total. The molecule has 0 bridgehead atoms. The van der Waals surface area contributed by atoms with Crippen LogP contribution in [0.25, 0.3) is 0 Å². The lowest BCUT2D eigenvalue weighted by Crippen LogP contribution is -1.92. The molecule has 0 saturated heterocycles. The first kappa shape index (κ1) is 17.5. The lowest BCUT2D eigenvalue weighted by Gasteiger charge is -2.00. The average molecular weight is 301 g/mol. The van der Waals surface area contributed by atoms with E-state index in [1.165, 1.54) is 51.4 Å². The van der Waals surface area contributed by atoms with Gasteiger partial charge in [-0.15, -0.1) is 11.6 Å². The van der Waals surface area contributed by atoms with Crippen LogP contribution in [-0.4, -0.2) is 10.1 Å². The van der Waals surface area contributed by atoms with E-state index in [0.717, 1.165) is 25.2 Å². The first-order valence-electron chi connectivity index (χ1n) is 8.24. The van der Waals surface area contributed by atoms with Gasteiger partial charge in [0.25, 0.3) is 0 Å². The number of rotatable bonds is 12. The van der Waals surface area contributed by atoms with Crippen molar-refractivity contribution < 1.29 is 4.52 Å². The highest BCUT2D eigenvalue weighted by molar-refractivity contribution is 6.20. The van der Waals surface area contributed by atoms with Crippen molar-refractivity contribution in [2.75, 3.05) is 0 Å². The molecule has 1 aromatic rings. The summed E-state index contributed by atoms with van der Waals surface area (Å²) in [7, 11) is 0. The maximum Gasteiger partial charge on any atom is 0.226 e. The van der Waals surface area contributed by atoms with Crippen LogP contribution in [0.1, 0.15) is 95.1 Å². The maximum absolute atomic E-state index is 6.07. The molecule has 0 fully saturated rings. The molecule has 0 aromatic carbocycles. The number of nitrogens with zero attached hydrogens (tertiary/aromatic N) is 2. The molecule has 1 atom stereocenters. The van der Waals surface area contributed by atoms with E-state index < -0.39 is 0 Å². The monoisotopic (exact) mass is 300 g/mol. The van der Waals surface area contributed by atoms with Gasteiger partial charge in [-0.3, -0.25) is 0 Å². The van der Waals surface area contributed by atoms with E-state index in [1.807, 2.05) is 6.92 Å². The summed E-state index contributed by atoms with van der Waals surface area (Å²) in [6, 6.07) is 0. The van der Waals surface area contributed by atoms with E-state index in [4.69, 9.17) is 16.1 Å². The van der Waals surface area contributed by atoms with Gasteiger partial charge in [0.05, 0.1) is 5.38 Å². The van der Waals surface area contributed by atoms with Gasteiger partial charge < -0.3 is 4.52 Å². The first-order valence-corrected chi connectivity index (χ1v) is 8.68. The van der Waals surface area contributed by atoms with Gasteiger partial charge in [-0.1, -0.05) is 70.4 Å². The van der Waals surface area contributed by atoms with Crippen molar-refractivity contribution in [2.24, 2.45) is 0 Å². The van der Waals surface area contributed by atoms with Crippen LogP contribution < -0.4 is 0 Å². The predicted molar refractivity (Wildman–Crippen MR) is 84.1 cm³/mol. The van der Waals surface area contributed by atoms with Crippen molar-refractivity contribution in [2.45, 2.75) is 89.9 Å². The summed E-state index contributed by atoms with van der Waals surface area (Å²) >= 11 is 6.07. The third-order valence-corrected chi connectivity index (χ3v) is 4.12. The van der Waals surface area contributed by atoms with Gasteiger partial charge >= 0.3 is 0 Å². The standard InChI is InChI=1S/C16H29ClN2O/c1-3-5-6-7-8-9-10-11-12-13-15-18-16(19-20-15)14(17)4-2/h14H,3-13H2,1-2H3. The number of unbranched alkanes of at least 4 members (excludes halogenated alkanes) is 8. The van der Waals surface area contributed by atoms with E-state index in [-0.39, 0.29) is 5.38 Å². The molecule has 0 radical (unpaired) electrons. The highest BCUT2D eigenvalue weighted by Gasteiger charge is 2.13. The number of hydrogen-bond donors (Lipinski definition) is 0. The Morgan fingerprint density at radius 1 is 0.950 bits per heavy atom. The van der Waals surface area contributed by atoms with Crippen molar-refractivity contribution >= 4 is 11.6 Å². The molecule has 0 amide bonds. The molecule has 0 aliphatic rings. The maximum atomic E-state index is 6.07. The third kappa shape index (κ3) is 7.28. The number of aryl methyl sites for hydroxylation is 1. The number of aromatic nitrogens is 2. The summed E-state index contributed by atoms with van der Waals surface area (Å²) in [5.74, 6) is 1.38. The van der Waals surface area contributed by atoms with Crippen molar-refractivity contribution in [3.05, 3.63) is 11.7 Å². The number of alkyl halides is 1. The van der Waals surface area contributed by atoms with Crippen molar-refractivity contribution in [1.29, 1.82) is 0 Å². The van der Waals surface area contributed by atoms with Gasteiger partial charge in [-0.05, 0) is 12.8 Å². The van der Waals surface area contributed by atoms with Crippen LogP contribution in [-0.2, 0) is 6.42 Å². The molecule has 0 aliphatic carbocycles. The summed E-state index contributed by atoms with van der Waals surface area (Å²) in [5, 5.41) is 3.81. The van der Waals surface area contributed by atoms with E-state index >= 15 is 0 Å². The van der Waals surface area contributed by atoms with Gasteiger partial charge in [0.1, 0.15) is 0 Å². The zero-order valence-electron chi connectivity index (χ0n) is 13.0. The molecule has 3 nitrogen and oxygen atoms in total. The number of hydrogen-bond acceptors (Lipinski definition) is 3. The summed E-state index contributed by atoms with van der Waals surface area (Å²) < 4.78 is 5.21. The third-order valence-electron chi connectivity index (χ3n) is 3.62. The minimum atomic E-state index is -0.115. The second-order valence-electron chi connectivity index (χ2n) is 5.50. The largest absolute Gasteiger partial charge is 0.339 e. The Hall–Kier alpha value is -0.570. The van der Waals surface area contributed by atoms with Crippen LogP contribution in [0.2, 0.25) is 0 Å². The minimum Gasteiger partial charge on any atom is -0.339 e. The van der Waals surface area contributed by atoms with Crippen molar-refractivity contribution in [3.8, 4) is 0 Å². The molecular formula is C16H29ClN2O. The average Bonchev–Trinajstić information content (AvgIpc) is 2.93. The normalized spacial score (nSPS) is 12.8. The summed E-state index contributed by atoms with van der Waals surface area (Å²) in [6.45, 7) is 4.28. The molecule has 1 aromatic heterocycles. The van der Waals surface area contributed by atoms with Crippen LogP contribution in [0.15, 0.2) is 4.52 Å². The molecular weight excluding hydrogens is 272 g/mol. The lowest BCUT2D eigenvalue weighted by molar-refractivity contribution is 0.367. The Morgan fingerprint density at radius 2 is 1.55 bits per heavy atom. The zero-order valence-corrected chi connectivity index (χ0v) is 13.8. The molecule has 0 saturated carbocycles. The first-order chi connectivity index (χ1) is 9.77. The summed E-state index contributed by atoms with van der Waals surface area (Å²) in [4.78, 5) is 4.34. The highest BCUT2D eigenvalue weighted by Crippen LogP contribution is 2.21. The Morgan fingerprint density at radius 3 is 2.15 bits per heavy atom. The van der Waals surface area contributed by atoms with Crippen molar-refractivity contribution in [1.82, 2.24) is 10.1 Å². The second kappa shape index (κ2) is 11.1. The van der Waals surface area contributed by atoms with Gasteiger partial charge in [0.15, 0.2) is 5.82 Å². The fourth-order valence-electron chi connectivity index (χ4n) is 2.27. The lowest BCUT2D eigenvalue weighted by atomic mass is 10.1. The summed E-state index contributed by atoms with van der Waals surface area (Å²) in [5.41, 5.74) is 0. The fraction of sp³-hybridized carbons (Fsp3) is 0.875. The topological polar surface area (TPSA) is 38.9 Å². The van der Waals surface area contributed by atoms with E-state index in [1.54, 1.807) is 0 Å². The predicted octanol–water partition coefficient (Wildman–Crippen LogP) is 5.83. The van der Waals surface area contributed by atoms with Gasteiger partial charge in [0.2, 0.25) is 5.89 Å². The SMILES string of the molecule is CCCCCCCCCCCc1nc(C(Cl)CC)no1. The van der Waals surface area contributed by atoms with Crippen LogP contribution in [0, 0.1) is 0 Å². The van der Waals surface area contributed by atoms with Crippen LogP contribution >= 0.6 is 11.6 Å². The van der Waals surface area contributed by atoms with Crippen LogP contribution in [0.4, 0.5) is 0 Å². The highest BCUT2D eigenvalue weighted by atomic mass is 35.5. The van der Waals surface area contributed by atoms with Crippen molar-refractivity contribution in [3.63, 3.8) is 0 Å². The Kier molecular flexibility index (Phi) is 9.73. The van der Waals surface area contributed by atoms with E-state index in [0.29, 0.717) is 5.82 Å². The zero-order chi connectivity index (χ0) is 14.6. The fourth-order valence-corrected chi connectivity index (χ4v) is 2.35. The second-order valence-corrected chi connectivity index (χ2v) is 6.03. The number of halogens is 1. The van der Waals surface area contributed by atoms with Crippen LogP contribution in [0.3, 0.4) is 0 Å². The van der Waals surface area contributed by atoms with Crippen LogP contribution in [0.5, 0.6) is 0 Å². The molecule has 0 aliphatic heterocycles. The molecule has 20 heavy (non-hydrogen) atoms.